The van der Waals surface area contributed by atoms with Gasteiger partial charge in [0.25, 0.3) is 0 Å². The minimum Gasteiger partial charge on any atom is -0.495 e. The summed E-state index contributed by atoms with van der Waals surface area (Å²) in [5.74, 6) is 0.361. The monoisotopic (exact) mass is 340 g/mol. The lowest BCUT2D eigenvalue weighted by atomic mass is 10.1. The van der Waals surface area contributed by atoms with Crippen LogP contribution >= 0.6 is 0 Å². The Morgan fingerprint density at radius 3 is 2.80 bits per heavy atom. The Balaban J connectivity index is 2.18. The SMILES string of the molecule is CCCCCc1c(N)cc(C#N)n1CC(=O)Nc1ccccc1OC. The minimum atomic E-state index is -0.228. The van der Waals surface area contributed by atoms with Gasteiger partial charge in [-0.2, -0.15) is 5.26 Å². The van der Waals surface area contributed by atoms with Gasteiger partial charge in [0, 0.05) is 5.69 Å². The van der Waals surface area contributed by atoms with E-state index in [2.05, 4.69) is 18.3 Å². The zero-order valence-electron chi connectivity index (χ0n) is 14.7. The molecular formula is C19H24N4O2. The molecule has 1 heterocycles. The van der Waals surface area contributed by atoms with E-state index in [9.17, 15) is 10.1 Å². The van der Waals surface area contributed by atoms with Gasteiger partial charge < -0.3 is 20.4 Å². The predicted octanol–water partition coefficient (Wildman–Crippen LogP) is 3.32. The Hall–Kier alpha value is -2.94. The Morgan fingerprint density at radius 2 is 2.12 bits per heavy atom. The molecule has 2 aromatic rings. The highest BCUT2D eigenvalue weighted by Gasteiger charge is 2.16. The third-order valence-corrected chi connectivity index (χ3v) is 4.06. The second-order valence-corrected chi connectivity index (χ2v) is 5.84. The predicted molar refractivity (Wildman–Crippen MR) is 98.4 cm³/mol. The fourth-order valence-electron chi connectivity index (χ4n) is 2.79. The molecule has 0 unspecified atom stereocenters. The van der Waals surface area contributed by atoms with Crippen LogP contribution in [0.5, 0.6) is 5.75 Å². The van der Waals surface area contributed by atoms with Crippen LogP contribution in [0.4, 0.5) is 11.4 Å². The molecule has 0 bridgehead atoms. The highest BCUT2D eigenvalue weighted by Crippen LogP contribution is 2.24. The van der Waals surface area contributed by atoms with Crippen LogP contribution in [0.2, 0.25) is 0 Å². The zero-order chi connectivity index (χ0) is 18.2. The number of carbonyl (C=O) groups is 1. The first-order chi connectivity index (χ1) is 12.1. The normalized spacial score (nSPS) is 10.3. The molecule has 1 aromatic carbocycles. The molecule has 1 amide bonds. The van der Waals surface area contributed by atoms with Crippen LogP contribution in [0.1, 0.15) is 37.6 Å². The van der Waals surface area contributed by atoms with Gasteiger partial charge in [-0.25, -0.2) is 0 Å². The van der Waals surface area contributed by atoms with E-state index in [-0.39, 0.29) is 12.5 Å². The molecule has 2 rings (SSSR count). The molecule has 0 saturated carbocycles. The lowest BCUT2D eigenvalue weighted by Crippen LogP contribution is -2.21. The number of nitrogens with one attached hydrogen (secondary N) is 1. The number of benzene rings is 1. The van der Waals surface area contributed by atoms with Crippen molar-refractivity contribution in [1.82, 2.24) is 4.57 Å². The zero-order valence-corrected chi connectivity index (χ0v) is 14.7. The molecule has 132 valence electrons. The summed E-state index contributed by atoms with van der Waals surface area (Å²) < 4.78 is 6.94. The lowest BCUT2D eigenvalue weighted by molar-refractivity contribution is -0.116. The van der Waals surface area contributed by atoms with Crippen molar-refractivity contribution in [1.29, 1.82) is 5.26 Å². The molecule has 0 atom stereocenters. The summed E-state index contributed by atoms with van der Waals surface area (Å²) >= 11 is 0. The van der Waals surface area contributed by atoms with E-state index in [1.54, 1.807) is 29.9 Å². The number of hydrogen-bond acceptors (Lipinski definition) is 4. The van der Waals surface area contributed by atoms with E-state index in [0.29, 0.717) is 22.8 Å². The van der Waals surface area contributed by atoms with Gasteiger partial charge in [-0.05, 0) is 31.0 Å². The van der Waals surface area contributed by atoms with Gasteiger partial charge in [0.1, 0.15) is 24.1 Å². The van der Waals surface area contributed by atoms with Crippen LogP contribution in [0.3, 0.4) is 0 Å². The Morgan fingerprint density at radius 1 is 1.36 bits per heavy atom. The third-order valence-electron chi connectivity index (χ3n) is 4.06. The smallest absolute Gasteiger partial charge is 0.244 e. The molecule has 6 nitrogen and oxygen atoms in total. The molecule has 0 aliphatic carbocycles. The van der Waals surface area contributed by atoms with Crippen molar-refractivity contribution in [3.05, 3.63) is 41.7 Å². The van der Waals surface area contributed by atoms with Gasteiger partial charge in [-0.3, -0.25) is 4.79 Å². The first-order valence-corrected chi connectivity index (χ1v) is 8.41. The van der Waals surface area contributed by atoms with Crippen LogP contribution in [0.15, 0.2) is 30.3 Å². The number of hydrogen-bond donors (Lipinski definition) is 2. The van der Waals surface area contributed by atoms with E-state index in [1.807, 2.05) is 12.1 Å². The van der Waals surface area contributed by atoms with Crippen molar-refractivity contribution in [2.24, 2.45) is 0 Å². The van der Waals surface area contributed by atoms with Crippen molar-refractivity contribution in [3.8, 4) is 11.8 Å². The fraction of sp³-hybridized carbons (Fsp3) is 0.368. The molecular weight excluding hydrogens is 316 g/mol. The van der Waals surface area contributed by atoms with Gasteiger partial charge in [0.05, 0.1) is 18.5 Å². The highest BCUT2D eigenvalue weighted by atomic mass is 16.5. The number of rotatable bonds is 8. The number of methoxy groups -OCH3 is 1. The van der Waals surface area contributed by atoms with Gasteiger partial charge in [0.2, 0.25) is 5.91 Å². The summed E-state index contributed by atoms with van der Waals surface area (Å²) in [6.07, 6.45) is 3.91. The van der Waals surface area contributed by atoms with Crippen LogP contribution < -0.4 is 15.8 Å². The minimum absolute atomic E-state index is 0.0413. The van der Waals surface area contributed by atoms with E-state index in [0.717, 1.165) is 31.4 Å². The number of anilines is 2. The number of amides is 1. The highest BCUT2D eigenvalue weighted by molar-refractivity contribution is 5.92. The molecule has 6 heteroatoms. The summed E-state index contributed by atoms with van der Waals surface area (Å²) in [4.78, 5) is 12.5. The second-order valence-electron chi connectivity index (χ2n) is 5.84. The van der Waals surface area contributed by atoms with Crippen molar-refractivity contribution >= 4 is 17.3 Å². The number of nitrogens with zero attached hydrogens (tertiary/aromatic N) is 2. The molecule has 25 heavy (non-hydrogen) atoms. The van der Waals surface area contributed by atoms with Crippen molar-refractivity contribution in [3.63, 3.8) is 0 Å². The summed E-state index contributed by atoms with van der Waals surface area (Å²) in [7, 11) is 1.55. The van der Waals surface area contributed by atoms with E-state index < -0.39 is 0 Å². The number of unbranched alkanes of at least 4 members (excludes halogenated alkanes) is 2. The number of ether oxygens (including phenoxy) is 1. The Labute approximate surface area is 148 Å². The Bertz CT molecular complexity index is 774. The van der Waals surface area contributed by atoms with Gasteiger partial charge in [-0.1, -0.05) is 31.9 Å². The quantitative estimate of drug-likeness (QED) is 0.721. The number of aromatic nitrogens is 1. The first kappa shape index (κ1) is 18.4. The second kappa shape index (κ2) is 8.78. The number of nitriles is 1. The molecule has 0 fully saturated rings. The first-order valence-electron chi connectivity index (χ1n) is 8.41. The summed E-state index contributed by atoms with van der Waals surface area (Å²) in [5.41, 5.74) is 8.47. The average Bonchev–Trinajstić information content (AvgIpc) is 2.91. The third kappa shape index (κ3) is 4.54. The number of nitrogens with two attached hydrogens (primary N) is 1. The molecule has 0 spiro atoms. The fourth-order valence-corrected chi connectivity index (χ4v) is 2.79. The largest absolute Gasteiger partial charge is 0.495 e. The number of para-hydroxylation sites is 2. The lowest BCUT2D eigenvalue weighted by Gasteiger charge is -2.13. The molecule has 0 aliphatic heterocycles. The maximum Gasteiger partial charge on any atom is 0.244 e. The average molecular weight is 340 g/mol. The van der Waals surface area contributed by atoms with Crippen LogP contribution in [0, 0.1) is 11.3 Å². The molecule has 1 aromatic heterocycles. The van der Waals surface area contributed by atoms with E-state index in [1.165, 1.54) is 0 Å². The van der Waals surface area contributed by atoms with Gasteiger partial charge in [0.15, 0.2) is 0 Å². The Kier molecular flexibility index (Phi) is 6.47. The van der Waals surface area contributed by atoms with Gasteiger partial charge >= 0.3 is 0 Å². The summed E-state index contributed by atoms with van der Waals surface area (Å²) in [6, 6.07) is 11.0. The standard InChI is InChI=1S/C19H24N4O2/c1-3-4-5-9-17-15(21)11-14(12-20)23(17)13-19(24)22-16-8-6-7-10-18(16)25-2/h6-8,10-11H,3-5,9,13,21H2,1-2H3,(H,22,24). The van der Waals surface area contributed by atoms with Crippen LogP contribution in [-0.2, 0) is 17.8 Å². The maximum atomic E-state index is 12.5. The van der Waals surface area contributed by atoms with Crippen molar-refractivity contribution < 1.29 is 9.53 Å². The topological polar surface area (TPSA) is 93.1 Å². The molecule has 3 N–H and O–H groups in total. The van der Waals surface area contributed by atoms with E-state index in [4.69, 9.17) is 10.5 Å². The van der Waals surface area contributed by atoms with Gasteiger partial charge in [-0.15, -0.1) is 0 Å². The number of carbonyl (C=O) groups excluding carboxylic acids is 1. The number of nitrogen functional groups attached to an aromatic ring is 1. The van der Waals surface area contributed by atoms with Crippen LogP contribution in [0.25, 0.3) is 0 Å². The van der Waals surface area contributed by atoms with E-state index >= 15 is 0 Å². The van der Waals surface area contributed by atoms with Crippen molar-refractivity contribution in [2.45, 2.75) is 39.2 Å². The molecule has 0 saturated heterocycles. The molecule has 0 aliphatic rings. The van der Waals surface area contributed by atoms with Crippen LogP contribution in [-0.4, -0.2) is 17.6 Å². The summed E-state index contributed by atoms with van der Waals surface area (Å²) in [6.45, 7) is 2.17. The van der Waals surface area contributed by atoms with Crippen molar-refractivity contribution in [2.75, 3.05) is 18.2 Å². The molecule has 0 radical (unpaired) electrons. The maximum absolute atomic E-state index is 12.5. The summed E-state index contributed by atoms with van der Waals surface area (Å²) in [5, 5.41) is 12.2.